The Kier molecular flexibility index (Phi) is 6.97. The zero-order chi connectivity index (χ0) is 17.5. The Balaban J connectivity index is 1.80. The molecule has 2 rings (SSSR count). The van der Waals surface area contributed by atoms with Crippen molar-refractivity contribution in [1.29, 1.82) is 0 Å². The lowest BCUT2D eigenvalue weighted by Gasteiger charge is -2.23. The maximum Gasteiger partial charge on any atom is 0.220 e. The number of carbonyl (C=O) groups excluding carboxylic acids is 2. The maximum atomic E-state index is 12.1. The molecule has 2 aromatic rings. The standard InChI is InChI=1S/C18H21ClN2O2S/c1-21(2)15(17-4-3-11-24-17)12-20-18(23)10-9-16(22)13-5-7-14(19)8-6-13/h3-8,11,15H,9-10,12H2,1-2H3,(H,20,23)/t15-/m0/s1. The molecule has 0 fully saturated rings. The molecule has 0 unspecified atom stereocenters. The Morgan fingerprint density at radius 3 is 2.46 bits per heavy atom. The number of hydrogen-bond acceptors (Lipinski definition) is 4. The quantitative estimate of drug-likeness (QED) is 0.725. The lowest BCUT2D eigenvalue weighted by Crippen LogP contribution is -2.34. The highest BCUT2D eigenvalue weighted by atomic mass is 35.5. The number of rotatable bonds is 8. The second-order valence-corrected chi connectivity index (χ2v) is 7.14. The van der Waals surface area contributed by atoms with E-state index >= 15 is 0 Å². The van der Waals surface area contributed by atoms with E-state index in [-0.39, 0.29) is 30.6 Å². The largest absolute Gasteiger partial charge is 0.354 e. The molecule has 1 amide bonds. The van der Waals surface area contributed by atoms with Gasteiger partial charge in [-0.2, -0.15) is 0 Å². The molecular formula is C18H21ClN2O2S. The zero-order valence-electron chi connectivity index (χ0n) is 13.8. The molecule has 0 saturated heterocycles. The first kappa shape index (κ1) is 18.6. The van der Waals surface area contributed by atoms with Crippen molar-refractivity contribution in [1.82, 2.24) is 10.2 Å². The summed E-state index contributed by atoms with van der Waals surface area (Å²) < 4.78 is 0. The molecule has 0 aliphatic heterocycles. The fourth-order valence-electron chi connectivity index (χ4n) is 2.32. The summed E-state index contributed by atoms with van der Waals surface area (Å²) in [7, 11) is 3.97. The van der Waals surface area contributed by atoms with Gasteiger partial charge in [-0.25, -0.2) is 0 Å². The van der Waals surface area contributed by atoms with Gasteiger partial charge >= 0.3 is 0 Å². The van der Waals surface area contributed by atoms with Gasteiger partial charge in [0.15, 0.2) is 5.78 Å². The van der Waals surface area contributed by atoms with Crippen molar-refractivity contribution >= 4 is 34.6 Å². The topological polar surface area (TPSA) is 49.4 Å². The van der Waals surface area contributed by atoms with Gasteiger partial charge in [-0.1, -0.05) is 17.7 Å². The van der Waals surface area contributed by atoms with Crippen LogP contribution in [0.1, 0.15) is 34.1 Å². The summed E-state index contributed by atoms with van der Waals surface area (Å²) in [5.74, 6) is -0.162. The molecule has 1 aromatic carbocycles. The van der Waals surface area contributed by atoms with Crippen LogP contribution in [0.15, 0.2) is 41.8 Å². The van der Waals surface area contributed by atoms with Crippen molar-refractivity contribution in [2.45, 2.75) is 18.9 Å². The number of halogens is 1. The first-order chi connectivity index (χ1) is 11.5. The Morgan fingerprint density at radius 2 is 1.88 bits per heavy atom. The van der Waals surface area contributed by atoms with Crippen molar-refractivity contribution < 1.29 is 9.59 Å². The van der Waals surface area contributed by atoms with Crippen molar-refractivity contribution in [3.63, 3.8) is 0 Å². The fraction of sp³-hybridized carbons (Fsp3) is 0.333. The Morgan fingerprint density at radius 1 is 1.17 bits per heavy atom. The smallest absolute Gasteiger partial charge is 0.220 e. The predicted molar refractivity (Wildman–Crippen MR) is 98.8 cm³/mol. The van der Waals surface area contributed by atoms with E-state index in [1.165, 1.54) is 4.88 Å². The third kappa shape index (κ3) is 5.44. The molecule has 0 radical (unpaired) electrons. The molecule has 1 N–H and O–H groups in total. The van der Waals surface area contributed by atoms with Gasteiger partial charge < -0.3 is 10.2 Å². The average molecular weight is 365 g/mol. The SMILES string of the molecule is CN(C)[C@@H](CNC(=O)CCC(=O)c1ccc(Cl)cc1)c1cccs1. The average Bonchev–Trinajstić information content (AvgIpc) is 3.07. The minimum absolute atomic E-state index is 0.0516. The third-order valence-electron chi connectivity index (χ3n) is 3.73. The molecule has 4 nitrogen and oxygen atoms in total. The molecule has 0 bridgehead atoms. The van der Waals surface area contributed by atoms with Gasteiger partial charge in [0.25, 0.3) is 0 Å². The van der Waals surface area contributed by atoms with Gasteiger partial charge in [0.2, 0.25) is 5.91 Å². The minimum Gasteiger partial charge on any atom is -0.354 e. The van der Waals surface area contributed by atoms with E-state index in [0.717, 1.165) is 0 Å². The summed E-state index contributed by atoms with van der Waals surface area (Å²) >= 11 is 7.47. The van der Waals surface area contributed by atoms with Crippen LogP contribution in [0.4, 0.5) is 0 Å². The number of nitrogens with zero attached hydrogens (tertiary/aromatic N) is 1. The van der Waals surface area contributed by atoms with Gasteiger partial charge in [-0.3, -0.25) is 9.59 Å². The molecule has 1 aromatic heterocycles. The summed E-state index contributed by atoms with van der Waals surface area (Å²) in [6.45, 7) is 0.529. The van der Waals surface area contributed by atoms with Crippen LogP contribution in [0.3, 0.4) is 0 Å². The van der Waals surface area contributed by atoms with E-state index in [9.17, 15) is 9.59 Å². The molecule has 128 valence electrons. The number of Topliss-reactive ketones (excluding diaryl/α,β-unsaturated/α-hetero) is 1. The molecule has 1 heterocycles. The number of ketones is 1. The van der Waals surface area contributed by atoms with E-state index in [1.807, 2.05) is 25.5 Å². The molecule has 24 heavy (non-hydrogen) atoms. The molecule has 0 aliphatic carbocycles. The van der Waals surface area contributed by atoms with Crippen molar-refractivity contribution in [3.05, 3.63) is 57.2 Å². The number of likely N-dealkylation sites (N-methyl/N-ethyl adjacent to an activating group) is 1. The zero-order valence-corrected chi connectivity index (χ0v) is 15.4. The number of benzene rings is 1. The van der Waals surface area contributed by atoms with Crippen LogP contribution < -0.4 is 5.32 Å². The number of thiophene rings is 1. The number of hydrogen-bond donors (Lipinski definition) is 1. The number of amides is 1. The van der Waals surface area contributed by atoms with Crippen LogP contribution in [0.25, 0.3) is 0 Å². The summed E-state index contributed by atoms with van der Waals surface area (Å²) in [5, 5.41) is 5.54. The van der Waals surface area contributed by atoms with Gasteiger partial charge in [-0.15, -0.1) is 11.3 Å². The highest BCUT2D eigenvalue weighted by Gasteiger charge is 2.16. The number of carbonyl (C=O) groups is 2. The second-order valence-electron chi connectivity index (χ2n) is 5.73. The molecule has 0 saturated carbocycles. The molecule has 0 aliphatic rings. The molecule has 6 heteroatoms. The summed E-state index contributed by atoms with van der Waals surface area (Å²) in [6.07, 6.45) is 0.380. The molecule has 1 atom stereocenters. The lowest BCUT2D eigenvalue weighted by atomic mass is 10.1. The van der Waals surface area contributed by atoms with E-state index in [2.05, 4.69) is 16.3 Å². The summed E-state index contributed by atoms with van der Waals surface area (Å²) in [5.41, 5.74) is 0.581. The Bertz CT molecular complexity index is 669. The van der Waals surface area contributed by atoms with Crippen LogP contribution in [-0.2, 0) is 4.79 Å². The highest BCUT2D eigenvalue weighted by molar-refractivity contribution is 7.10. The maximum absolute atomic E-state index is 12.1. The second kappa shape index (κ2) is 8.97. The monoisotopic (exact) mass is 364 g/mol. The van der Waals surface area contributed by atoms with Gasteiger partial charge in [-0.05, 0) is 49.8 Å². The van der Waals surface area contributed by atoms with Gasteiger partial charge in [0, 0.05) is 34.8 Å². The predicted octanol–water partition coefficient (Wildman–Crippen LogP) is 3.78. The number of nitrogens with one attached hydrogen (secondary N) is 1. The van der Waals surface area contributed by atoms with Crippen molar-refractivity contribution in [2.75, 3.05) is 20.6 Å². The minimum atomic E-state index is -0.110. The van der Waals surface area contributed by atoms with Crippen LogP contribution in [0, 0.1) is 0 Å². The Hall–Kier alpha value is -1.69. The third-order valence-corrected chi connectivity index (χ3v) is 4.96. The summed E-state index contributed by atoms with van der Waals surface area (Å²) in [4.78, 5) is 27.4. The molecule has 0 spiro atoms. The van der Waals surface area contributed by atoms with E-state index < -0.39 is 0 Å². The lowest BCUT2D eigenvalue weighted by molar-refractivity contribution is -0.121. The first-order valence-electron chi connectivity index (χ1n) is 7.72. The van der Waals surface area contributed by atoms with Crippen LogP contribution in [0.2, 0.25) is 5.02 Å². The Labute approximate surface area is 151 Å². The normalized spacial score (nSPS) is 12.2. The van der Waals surface area contributed by atoms with Crippen molar-refractivity contribution in [3.8, 4) is 0 Å². The van der Waals surface area contributed by atoms with Crippen molar-refractivity contribution in [2.24, 2.45) is 0 Å². The highest BCUT2D eigenvalue weighted by Crippen LogP contribution is 2.22. The first-order valence-corrected chi connectivity index (χ1v) is 8.98. The van der Waals surface area contributed by atoms with E-state index in [4.69, 9.17) is 11.6 Å². The van der Waals surface area contributed by atoms with Gasteiger partial charge in [0.05, 0.1) is 6.04 Å². The van der Waals surface area contributed by atoms with Gasteiger partial charge in [0.1, 0.15) is 0 Å². The molecular weight excluding hydrogens is 344 g/mol. The van der Waals surface area contributed by atoms with Crippen LogP contribution >= 0.6 is 22.9 Å². The van der Waals surface area contributed by atoms with Crippen LogP contribution in [0.5, 0.6) is 0 Å². The van der Waals surface area contributed by atoms with E-state index in [1.54, 1.807) is 35.6 Å². The van der Waals surface area contributed by atoms with Crippen LogP contribution in [-0.4, -0.2) is 37.2 Å². The fourth-order valence-corrected chi connectivity index (χ4v) is 3.37. The van der Waals surface area contributed by atoms with E-state index in [0.29, 0.717) is 17.1 Å². The summed E-state index contributed by atoms with van der Waals surface area (Å²) in [6, 6.07) is 10.9.